The van der Waals surface area contributed by atoms with E-state index in [2.05, 4.69) is 0 Å². The fraction of sp³-hybridized carbons (Fsp3) is 0.300. The molecular weight excluding hydrogens is 199 g/mol. The maximum absolute atomic E-state index is 11.4. The molecule has 3 nitrogen and oxygen atoms in total. The Labute approximate surface area is 84.0 Å². The molecule has 0 saturated heterocycles. The lowest BCUT2D eigenvalue weighted by atomic mass is 10.3. The number of rotatable bonds is 4. The number of carbonyl (C=O) groups excluding carboxylic acids is 1. The number of carbonyl (C=O) groups is 1. The molecule has 1 rings (SSSR count). The highest BCUT2D eigenvalue weighted by molar-refractivity contribution is 7.59. The van der Waals surface area contributed by atoms with Crippen LogP contribution in [0, 0.1) is 5.92 Å². The Morgan fingerprint density at radius 1 is 1.29 bits per heavy atom. The van der Waals surface area contributed by atoms with Crippen LogP contribution in [-0.4, -0.2) is 5.52 Å². The van der Waals surface area contributed by atoms with Gasteiger partial charge in [-0.2, -0.15) is 0 Å². The predicted octanol–water partition coefficient (Wildman–Crippen LogP) is 2.72. The highest BCUT2D eigenvalue weighted by Crippen LogP contribution is 2.29. The van der Waals surface area contributed by atoms with E-state index in [0.717, 1.165) is 0 Å². The Balaban J connectivity index is 2.63. The van der Waals surface area contributed by atoms with Crippen molar-refractivity contribution in [1.29, 1.82) is 0 Å². The summed E-state index contributed by atoms with van der Waals surface area (Å²) in [4.78, 5) is 11.3. The van der Waals surface area contributed by atoms with Crippen LogP contribution in [0.4, 0.5) is 0 Å². The van der Waals surface area contributed by atoms with Crippen LogP contribution in [-0.2, 0) is 9.36 Å². The quantitative estimate of drug-likeness (QED) is 0.720. The van der Waals surface area contributed by atoms with E-state index in [9.17, 15) is 9.36 Å². The summed E-state index contributed by atoms with van der Waals surface area (Å²) < 4.78 is 16.4. The molecule has 1 unspecified atom stereocenters. The van der Waals surface area contributed by atoms with E-state index >= 15 is 0 Å². The van der Waals surface area contributed by atoms with Crippen molar-refractivity contribution in [3.8, 4) is 5.75 Å². The van der Waals surface area contributed by atoms with E-state index < -0.39 is 8.03 Å². The van der Waals surface area contributed by atoms with Gasteiger partial charge in [0.25, 0.3) is 0 Å². The molecule has 0 heterocycles. The molecular formula is C10H13O3P. The first-order valence-corrected chi connectivity index (χ1v) is 5.74. The van der Waals surface area contributed by atoms with Crippen molar-refractivity contribution in [2.24, 2.45) is 5.92 Å². The molecule has 1 aromatic carbocycles. The number of benzene rings is 1. The first kappa shape index (κ1) is 11.0. The molecule has 0 amide bonds. The summed E-state index contributed by atoms with van der Waals surface area (Å²) in [6.07, 6.45) is 0. The van der Waals surface area contributed by atoms with Gasteiger partial charge in [-0.05, 0) is 12.1 Å². The van der Waals surface area contributed by atoms with Crippen molar-refractivity contribution in [3.63, 3.8) is 0 Å². The minimum absolute atomic E-state index is 0.245. The monoisotopic (exact) mass is 212 g/mol. The van der Waals surface area contributed by atoms with Gasteiger partial charge in [0, 0.05) is 5.92 Å². The molecule has 0 radical (unpaired) electrons. The minimum Gasteiger partial charge on any atom is -0.440 e. The topological polar surface area (TPSA) is 43.4 Å². The van der Waals surface area contributed by atoms with Gasteiger partial charge in [-0.15, -0.1) is 0 Å². The number of hydrogen-bond acceptors (Lipinski definition) is 3. The van der Waals surface area contributed by atoms with E-state index in [4.69, 9.17) is 4.52 Å². The molecule has 0 fully saturated rings. The summed E-state index contributed by atoms with van der Waals surface area (Å²) in [7, 11) is -2.61. The third-order valence-electron chi connectivity index (χ3n) is 1.68. The zero-order chi connectivity index (χ0) is 10.6. The third-order valence-corrected chi connectivity index (χ3v) is 3.08. The average Bonchev–Trinajstić information content (AvgIpc) is 2.18. The standard InChI is InChI=1S/C10H13O3P/c1-8(2)10(11)14(12)13-9-6-4-3-5-7-9/h3-8,14H,1-2H3. The van der Waals surface area contributed by atoms with Crippen LogP contribution in [0.1, 0.15) is 13.8 Å². The van der Waals surface area contributed by atoms with Gasteiger partial charge in [-0.25, -0.2) is 0 Å². The highest BCUT2D eigenvalue weighted by Gasteiger charge is 2.16. The van der Waals surface area contributed by atoms with Crippen molar-refractivity contribution in [3.05, 3.63) is 30.3 Å². The van der Waals surface area contributed by atoms with Crippen LogP contribution in [0.15, 0.2) is 30.3 Å². The normalized spacial score (nSPS) is 12.5. The van der Waals surface area contributed by atoms with Gasteiger partial charge >= 0.3 is 8.03 Å². The Kier molecular flexibility index (Phi) is 3.90. The van der Waals surface area contributed by atoms with Crippen LogP contribution in [0.25, 0.3) is 0 Å². The van der Waals surface area contributed by atoms with Gasteiger partial charge in [-0.3, -0.25) is 9.36 Å². The molecule has 14 heavy (non-hydrogen) atoms. The number of hydrogen-bond donors (Lipinski definition) is 0. The second-order valence-corrected chi connectivity index (χ2v) is 4.49. The fourth-order valence-electron chi connectivity index (χ4n) is 0.882. The molecule has 1 atom stereocenters. The first-order chi connectivity index (χ1) is 6.61. The van der Waals surface area contributed by atoms with E-state index in [1.165, 1.54) is 0 Å². The fourth-order valence-corrected chi connectivity index (χ4v) is 1.80. The smallest absolute Gasteiger partial charge is 0.301 e. The first-order valence-electron chi connectivity index (χ1n) is 4.42. The highest BCUT2D eigenvalue weighted by atomic mass is 31.1. The lowest BCUT2D eigenvalue weighted by Crippen LogP contribution is -2.03. The van der Waals surface area contributed by atoms with Gasteiger partial charge in [0.1, 0.15) is 5.75 Å². The maximum Gasteiger partial charge on any atom is 0.301 e. The Morgan fingerprint density at radius 2 is 1.86 bits per heavy atom. The second-order valence-electron chi connectivity index (χ2n) is 3.22. The molecule has 0 aliphatic heterocycles. The second kappa shape index (κ2) is 4.97. The summed E-state index contributed by atoms with van der Waals surface area (Å²) in [6, 6.07) is 8.72. The van der Waals surface area contributed by atoms with Gasteiger partial charge in [0.15, 0.2) is 0 Å². The summed E-state index contributed by atoms with van der Waals surface area (Å²) in [5, 5.41) is 0. The lowest BCUT2D eigenvalue weighted by Gasteiger charge is -2.06. The molecule has 0 aliphatic rings. The molecule has 0 aliphatic carbocycles. The van der Waals surface area contributed by atoms with Crippen molar-refractivity contribution in [2.45, 2.75) is 13.8 Å². The van der Waals surface area contributed by atoms with Crippen molar-refractivity contribution in [2.75, 3.05) is 0 Å². The molecule has 0 aromatic heterocycles. The minimum atomic E-state index is -2.61. The van der Waals surface area contributed by atoms with Gasteiger partial charge in [-0.1, -0.05) is 32.0 Å². The summed E-state index contributed by atoms with van der Waals surface area (Å²) in [5.74, 6) is 0.232. The molecule has 0 bridgehead atoms. The van der Waals surface area contributed by atoms with E-state index in [1.807, 2.05) is 6.07 Å². The molecule has 76 valence electrons. The van der Waals surface area contributed by atoms with Gasteiger partial charge in [0.2, 0.25) is 5.52 Å². The van der Waals surface area contributed by atoms with Crippen LogP contribution in [0.2, 0.25) is 0 Å². The van der Waals surface area contributed by atoms with Crippen LogP contribution in [0.3, 0.4) is 0 Å². The Morgan fingerprint density at radius 3 is 2.36 bits per heavy atom. The number of para-hydroxylation sites is 1. The predicted molar refractivity (Wildman–Crippen MR) is 55.9 cm³/mol. The van der Waals surface area contributed by atoms with E-state index in [-0.39, 0.29) is 11.4 Å². The summed E-state index contributed by atoms with van der Waals surface area (Å²) >= 11 is 0. The van der Waals surface area contributed by atoms with E-state index in [1.54, 1.807) is 38.1 Å². The Hall–Kier alpha value is -1.08. The molecule has 0 spiro atoms. The van der Waals surface area contributed by atoms with Crippen molar-refractivity contribution in [1.82, 2.24) is 0 Å². The average molecular weight is 212 g/mol. The van der Waals surface area contributed by atoms with Crippen molar-refractivity contribution >= 4 is 13.6 Å². The third kappa shape index (κ3) is 3.00. The molecule has 4 heteroatoms. The molecule has 0 saturated carbocycles. The lowest BCUT2D eigenvalue weighted by molar-refractivity contribution is -0.114. The molecule has 0 N–H and O–H groups in total. The van der Waals surface area contributed by atoms with Gasteiger partial charge < -0.3 is 4.52 Å². The SMILES string of the molecule is CC(C)C(=O)[PH](=O)Oc1ccccc1. The summed E-state index contributed by atoms with van der Waals surface area (Å²) in [6.45, 7) is 3.42. The zero-order valence-corrected chi connectivity index (χ0v) is 9.19. The van der Waals surface area contributed by atoms with Gasteiger partial charge in [0.05, 0.1) is 0 Å². The summed E-state index contributed by atoms with van der Waals surface area (Å²) in [5.41, 5.74) is -0.321. The maximum atomic E-state index is 11.4. The Bertz CT molecular complexity index is 332. The largest absolute Gasteiger partial charge is 0.440 e. The zero-order valence-electron chi connectivity index (χ0n) is 8.19. The van der Waals surface area contributed by atoms with Crippen molar-refractivity contribution < 1.29 is 13.9 Å². The van der Waals surface area contributed by atoms with E-state index in [0.29, 0.717) is 5.75 Å². The van der Waals surface area contributed by atoms with Crippen LogP contribution < -0.4 is 4.52 Å². The van der Waals surface area contributed by atoms with Crippen LogP contribution >= 0.6 is 8.03 Å². The molecule has 1 aromatic rings. The van der Waals surface area contributed by atoms with Crippen LogP contribution in [0.5, 0.6) is 5.75 Å².